The van der Waals surface area contributed by atoms with E-state index in [2.05, 4.69) is 27.7 Å². The molecule has 0 spiro atoms. The fourth-order valence-electron chi connectivity index (χ4n) is 0. The quantitative estimate of drug-likeness (QED) is 0.566. The predicted molar refractivity (Wildman–Crippen MR) is 69.0 cm³/mol. The van der Waals surface area contributed by atoms with Crippen LogP contribution >= 0.6 is 0 Å². The third-order valence-electron chi connectivity index (χ3n) is 1.10. The number of rotatable bonds is 2. The number of ketones is 2. The minimum atomic E-state index is -0.148. The zero-order valence-electron chi connectivity index (χ0n) is 11.3. The van der Waals surface area contributed by atoms with Crippen molar-refractivity contribution in [2.45, 2.75) is 13.8 Å². The van der Waals surface area contributed by atoms with Crippen molar-refractivity contribution in [3.8, 4) is 0 Å². The van der Waals surface area contributed by atoms with E-state index in [-0.39, 0.29) is 68.4 Å². The van der Waals surface area contributed by atoms with Gasteiger partial charge in [0.2, 0.25) is 0 Å². The third kappa shape index (κ3) is 49.9. The average Bonchev–Trinajstić information content (AvgIpc) is 1.88. The van der Waals surface area contributed by atoms with Gasteiger partial charge in [0.1, 0.15) is 0 Å². The van der Waals surface area contributed by atoms with Crippen LogP contribution in [-0.2, 0) is 31.3 Å². The van der Waals surface area contributed by atoms with Gasteiger partial charge in [-0.05, 0) is 11.6 Å². The summed E-state index contributed by atoms with van der Waals surface area (Å²) in [5, 5.41) is 0. The number of hydrogen-bond acceptors (Lipinski definition) is 2. The van der Waals surface area contributed by atoms with Crippen molar-refractivity contribution in [3.05, 3.63) is 27.7 Å². The number of hydrogen-bond donors (Lipinski definition) is 2. The summed E-state index contributed by atoms with van der Waals surface area (Å²) in [5.74, 6) is -0.500. The smallest absolute Gasteiger partial charge is 0.412 e. The first-order chi connectivity index (χ1) is 5.29. The Kier molecular flexibility index (Phi) is 63.7. The molecule has 0 heterocycles. The van der Waals surface area contributed by atoms with E-state index < -0.39 is 0 Å². The van der Waals surface area contributed by atoms with Crippen LogP contribution in [0.2, 0.25) is 0 Å². The normalized spacial score (nSPS) is 9.65. The van der Waals surface area contributed by atoms with Crippen molar-refractivity contribution in [2.24, 2.45) is 11.8 Å². The van der Waals surface area contributed by atoms with Gasteiger partial charge in [-0.2, -0.15) is 0 Å². The van der Waals surface area contributed by atoms with Crippen LogP contribution in [0, 0.1) is 39.5 Å². The number of Topliss-reactive ketones (excluding diaryl/α,β-unsaturated/α-hetero) is 2. The molecule has 2 atom stereocenters. The van der Waals surface area contributed by atoms with Gasteiger partial charge in [0.15, 0.2) is 0 Å². The monoisotopic (exact) mass is 288 g/mol. The van der Waals surface area contributed by atoms with Crippen molar-refractivity contribution in [1.82, 2.24) is 12.3 Å². The Hall–Kier alpha value is -0.366. The zero-order valence-corrected chi connectivity index (χ0v) is 12.9. The Morgan fingerprint density at radius 1 is 0.824 bits per heavy atom. The van der Waals surface area contributed by atoms with E-state index in [9.17, 15) is 9.59 Å². The Labute approximate surface area is 120 Å². The van der Waals surface area contributed by atoms with Gasteiger partial charge >= 0.3 is 21.7 Å². The molecule has 0 aromatic carbocycles. The number of carbonyl (C=O) groups is 2. The molecule has 2 unspecified atom stereocenters. The van der Waals surface area contributed by atoms with Crippen LogP contribution in [0.3, 0.4) is 0 Å². The van der Waals surface area contributed by atoms with Crippen LogP contribution in [-0.4, -0.2) is 22.5 Å². The topological polar surface area (TPSA) is 170 Å². The van der Waals surface area contributed by atoms with Crippen molar-refractivity contribution in [3.63, 3.8) is 0 Å². The molecule has 0 aromatic heterocycles. The van der Waals surface area contributed by atoms with Crippen molar-refractivity contribution < 1.29 is 42.3 Å². The Morgan fingerprint density at radius 2 is 0.882 bits per heavy atom. The predicted octanol–water partition coefficient (Wildman–Crippen LogP) is 0.820. The van der Waals surface area contributed by atoms with Crippen molar-refractivity contribution in [1.29, 1.82) is 0 Å². The van der Waals surface area contributed by atoms with E-state index in [4.69, 9.17) is 0 Å². The molecule has 0 rings (SSSR count). The molecule has 17 heavy (non-hydrogen) atoms. The molecule has 12 N–H and O–H groups in total. The standard InChI is InChI=1S/2C5H8O.2H3N.2H2O.Ti/c2*1-4(2)5(3)6;;;;;/h2*4H,1,3H2,2H3;2*1H3;2*1H2;/q2*-2;;;;;+2/p+2. The summed E-state index contributed by atoms with van der Waals surface area (Å²) in [4.78, 5) is 19.9. The van der Waals surface area contributed by atoms with Gasteiger partial charge in [-0.25, -0.2) is 0 Å². The maximum Gasteiger partial charge on any atom is 2.00 e. The molecule has 0 saturated heterocycles. The molecule has 106 valence electrons. The van der Waals surface area contributed by atoms with Crippen LogP contribution in [0.25, 0.3) is 0 Å². The molecule has 6 nitrogen and oxygen atoms in total. The second kappa shape index (κ2) is 24.7. The molecule has 0 bridgehead atoms. The van der Waals surface area contributed by atoms with Crippen LogP contribution < -0.4 is 12.3 Å². The second-order valence-electron chi connectivity index (χ2n) is 2.73. The number of quaternary nitrogens is 2. The first-order valence-electron chi connectivity index (χ1n) is 3.66. The maximum absolute atomic E-state index is 9.97. The molecule has 0 aromatic rings. The molecule has 0 aliphatic rings. The summed E-state index contributed by atoms with van der Waals surface area (Å²) in [7, 11) is 0. The molecule has 0 aliphatic carbocycles. The van der Waals surface area contributed by atoms with E-state index in [1.54, 1.807) is 13.8 Å². The molecular weight excluding hydrogens is 260 g/mol. The Balaban J connectivity index is -0.0000000182. The average molecular weight is 288 g/mol. The first kappa shape index (κ1) is 43.8. The van der Waals surface area contributed by atoms with Crippen molar-refractivity contribution in [2.75, 3.05) is 0 Å². The first-order valence-corrected chi connectivity index (χ1v) is 3.66. The molecule has 7 heteroatoms. The van der Waals surface area contributed by atoms with Crippen LogP contribution in [0.5, 0.6) is 0 Å². The van der Waals surface area contributed by atoms with Gasteiger partial charge in [-0.3, -0.25) is 0 Å². The minimum absolute atomic E-state index is 0. The summed E-state index contributed by atoms with van der Waals surface area (Å²) in [6, 6.07) is 0. The molecular formula is C10H28N2O4Ti. The largest absolute Gasteiger partial charge is 2.00 e. The van der Waals surface area contributed by atoms with Gasteiger partial charge < -0.3 is 60.5 Å². The van der Waals surface area contributed by atoms with E-state index in [0.29, 0.717) is 0 Å². The Bertz CT molecular complexity index is 146. The van der Waals surface area contributed by atoms with Crippen molar-refractivity contribution >= 4 is 11.6 Å². The maximum atomic E-state index is 9.97. The Morgan fingerprint density at radius 3 is 0.882 bits per heavy atom. The summed E-state index contributed by atoms with van der Waals surface area (Å²) >= 11 is 0. The molecule has 0 amide bonds. The van der Waals surface area contributed by atoms with Gasteiger partial charge in [0.05, 0.1) is 0 Å². The van der Waals surface area contributed by atoms with E-state index in [0.717, 1.165) is 0 Å². The molecule has 0 saturated carbocycles. The fraction of sp³-hybridized carbons (Fsp3) is 0.400. The fourth-order valence-corrected chi connectivity index (χ4v) is 0. The van der Waals surface area contributed by atoms with Gasteiger partial charge in [-0.15, -0.1) is 11.8 Å². The second-order valence-corrected chi connectivity index (χ2v) is 2.73. The molecule has 0 aliphatic heterocycles. The van der Waals surface area contributed by atoms with Crippen LogP contribution in [0.4, 0.5) is 0 Å². The number of carbonyl (C=O) groups excluding carboxylic acids is 2. The third-order valence-corrected chi connectivity index (χ3v) is 1.10. The zero-order chi connectivity index (χ0) is 10.3. The summed E-state index contributed by atoms with van der Waals surface area (Å²) in [6.07, 6.45) is 0. The van der Waals surface area contributed by atoms with Gasteiger partial charge in [-0.1, -0.05) is 13.8 Å². The summed E-state index contributed by atoms with van der Waals surface area (Å²) in [5.41, 5.74) is 0. The van der Waals surface area contributed by atoms with Crippen LogP contribution in [0.15, 0.2) is 0 Å². The van der Waals surface area contributed by atoms with Crippen LogP contribution in [0.1, 0.15) is 13.8 Å². The van der Waals surface area contributed by atoms with E-state index in [1.807, 2.05) is 0 Å². The van der Waals surface area contributed by atoms with Gasteiger partial charge in [0.25, 0.3) is 0 Å². The summed E-state index contributed by atoms with van der Waals surface area (Å²) < 4.78 is 0. The van der Waals surface area contributed by atoms with E-state index >= 15 is 0 Å². The van der Waals surface area contributed by atoms with E-state index in [1.165, 1.54) is 0 Å². The molecule has 0 fully saturated rings. The minimum Gasteiger partial charge on any atom is -0.412 e. The molecule has 0 radical (unpaired) electrons. The summed E-state index contributed by atoms with van der Waals surface area (Å²) in [6.45, 7) is 16.6. The van der Waals surface area contributed by atoms with Gasteiger partial charge in [0, 0.05) is 0 Å². The SMILES string of the molecule is O.O.[CH2-]C(=O)C([CH2-])C.[CH2-]C(=O)C([CH2-])C.[NH4+].[NH4+].[Ti+2].